The van der Waals surface area contributed by atoms with Crippen molar-refractivity contribution in [2.45, 2.75) is 25.7 Å². The van der Waals surface area contributed by atoms with Crippen LogP contribution in [0, 0.1) is 11.3 Å². The molecule has 152 valence electrons. The predicted octanol–water partition coefficient (Wildman–Crippen LogP) is 2.65. The summed E-state index contributed by atoms with van der Waals surface area (Å²) in [7, 11) is 0. The van der Waals surface area contributed by atoms with Crippen LogP contribution in [0.15, 0.2) is 65.7 Å². The molecule has 29 heavy (non-hydrogen) atoms. The summed E-state index contributed by atoms with van der Waals surface area (Å²) in [6.45, 7) is 0.126. The second kappa shape index (κ2) is 9.23. The zero-order valence-corrected chi connectivity index (χ0v) is 16.1. The van der Waals surface area contributed by atoms with Gasteiger partial charge in [-0.1, -0.05) is 36.4 Å². The average molecular weight is 395 g/mol. The lowest BCUT2D eigenvalue weighted by molar-refractivity contribution is -0.151. The van der Waals surface area contributed by atoms with Crippen molar-refractivity contribution in [2.75, 3.05) is 6.54 Å². The van der Waals surface area contributed by atoms with Gasteiger partial charge in [0.1, 0.15) is 11.5 Å². The number of nitrogens with two attached hydrogens (primary N) is 2. The molecular formula is C22H25N3O4. The Bertz CT molecular complexity index is 856. The second-order valence-electron chi connectivity index (χ2n) is 7.23. The zero-order valence-electron chi connectivity index (χ0n) is 16.1. The van der Waals surface area contributed by atoms with Crippen molar-refractivity contribution in [1.29, 1.82) is 0 Å². The van der Waals surface area contributed by atoms with Gasteiger partial charge in [0.25, 0.3) is 0 Å². The first kappa shape index (κ1) is 20.4. The number of ether oxygens (including phenoxy) is 2. The number of guanidine groups is 1. The van der Waals surface area contributed by atoms with Crippen LogP contribution in [0.3, 0.4) is 0 Å². The third-order valence-electron chi connectivity index (χ3n) is 5.19. The topological polar surface area (TPSA) is 117 Å². The molecule has 1 aliphatic rings. The van der Waals surface area contributed by atoms with Gasteiger partial charge in [-0.05, 0) is 49.9 Å². The van der Waals surface area contributed by atoms with E-state index in [4.69, 9.17) is 20.9 Å². The molecule has 1 aliphatic carbocycles. The van der Waals surface area contributed by atoms with Crippen LogP contribution < -0.4 is 20.9 Å². The fraction of sp³-hybridized carbons (Fsp3) is 0.318. The molecule has 2 aromatic rings. The number of aliphatic imine (C=N–C) groups is 1. The first-order chi connectivity index (χ1) is 14.0. The maximum atomic E-state index is 13.0. The van der Waals surface area contributed by atoms with Crippen LogP contribution in [-0.4, -0.2) is 24.4 Å². The Labute approximate surface area is 169 Å². The van der Waals surface area contributed by atoms with E-state index in [1.807, 2.05) is 24.3 Å². The minimum atomic E-state index is -0.872. The third kappa shape index (κ3) is 5.34. The third-order valence-corrected chi connectivity index (χ3v) is 5.19. The minimum absolute atomic E-state index is 0.0810. The standard InChI is InChI=1S/C22H25N3O4/c23-21(24)25-15-22(20(27)29-18-9-5-2-6-10-18)13-11-16(12-14-22)19(26)28-17-7-3-1-4-8-17/h1-10,16H,11-15H2,(H4,23,24,25). The Morgan fingerprint density at radius 3 is 1.93 bits per heavy atom. The van der Waals surface area contributed by atoms with E-state index < -0.39 is 5.41 Å². The molecule has 3 rings (SSSR count). The molecule has 0 radical (unpaired) electrons. The van der Waals surface area contributed by atoms with Crippen LogP contribution in [0.5, 0.6) is 11.5 Å². The lowest BCUT2D eigenvalue weighted by Gasteiger charge is -2.36. The molecule has 0 amide bonds. The Balaban J connectivity index is 1.68. The number of rotatable bonds is 6. The van der Waals surface area contributed by atoms with Gasteiger partial charge < -0.3 is 20.9 Å². The molecule has 0 aromatic heterocycles. The van der Waals surface area contributed by atoms with Crippen molar-refractivity contribution in [1.82, 2.24) is 0 Å². The van der Waals surface area contributed by atoms with Gasteiger partial charge in [0.2, 0.25) is 0 Å². The largest absolute Gasteiger partial charge is 0.426 e. The summed E-state index contributed by atoms with van der Waals surface area (Å²) < 4.78 is 11.0. The van der Waals surface area contributed by atoms with Gasteiger partial charge in [-0.3, -0.25) is 14.6 Å². The number of para-hydroxylation sites is 2. The zero-order chi connectivity index (χ0) is 20.7. The van der Waals surface area contributed by atoms with E-state index in [-0.39, 0.29) is 30.4 Å². The maximum Gasteiger partial charge on any atom is 0.319 e. The molecule has 0 atom stereocenters. The number of nitrogens with zero attached hydrogens (tertiary/aromatic N) is 1. The van der Waals surface area contributed by atoms with E-state index in [0.717, 1.165) is 0 Å². The van der Waals surface area contributed by atoms with E-state index in [2.05, 4.69) is 4.99 Å². The summed E-state index contributed by atoms with van der Waals surface area (Å²) in [5.41, 5.74) is 10.1. The van der Waals surface area contributed by atoms with Gasteiger partial charge in [-0.15, -0.1) is 0 Å². The number of hydrogen-bond donors (Lipinski definition) is 2. The predicted molar refractivity (Wildman–Crippen MR) is 109 cm³/mol. The van der Waals surface area contributed by atoms with Crippen LogP contribution in [-0.2, 0) is 9.59 Å². The van der Waals surface area contributed by atoms with Crippen molar-refractivity contribution in [3.63, 3.8) is 0 Å². The molecule has 0 aliphatic heterocycles. The molecule has 0 saturated heterocycles. The van der Waals surface area contributed by atoms with Gasteiger partial charge in [0.05, 0.1) is 17.9 Å². The maximum absolute atomic E-state index is 13.0. The van der Waals surface area contributed by atoms with Crippen LogP contribution >= 0.6 is 0 Å². The van der Waals surface area contributed by atoms with Crippen LogP contribution in [0.2, 0.25) is 0 Å². The second-order valence-corrected chi connectivity index (χ2v) is 7.23. The van der Waals surface area contributed by atoms with Gasteiger partial charge in [0.15, 0.2) is 5.96 Å². The van der Waals surface area contributed by atoms with Gasteiger partial charge in [0, 0.05) is 0 Å². The van der Waals surface area contributed by atoms with E-state index in [0.29, 0.717) is 37.2 Å². The highest BCUT2D eigenvalue weighted by Crippen LogP contribution is 2.41. The van der Waals surface area contributed by atoms with Crippen molar-refractivity contribution in [2.24, 2.45) is 27.8 Å². The molecule has 4 N–H and O–H groups in total. The lowest BCUT2D eigenvalue weighted by Crippen LogP contribution is -2.43. The molecular weight excluding hydrogens is 370 g/mol. The van der Waals surface area contributed by atoms with Crippen molar-refractivity contribution < 1.29 is 19.1 Å². The highest BCUT2D eigenvalue weighted by Gasteiger charge is 2.45. The SMILES string of the molecule is NC(N)=NCC1(C(=O)Oc2ccccc2)CCC(C(=O)Oc2ccccc2)CC1. The molecule has 0 spiro atoms. The number of carbonyl (C=O) groups is 2. The molecule has 1 fully saturated rings. The molecule has 2 aromatic carbocycles. The molecule has 0 unspecified atom stereocenters. The summed E-state index contributed by atoms with van der Waals surface area (Å²) in [4.78, 5) is 29.6. The Morgan fingerprint density at radius 2 is 1.41 bits per heavy atom. The summed E-state index contributed by atoms with van der Waals surface area (Å²) in [6, 6.07) is 17.8. The highest BCUT2D eigenvalue weighted by molar-refractivity contribution is 5.82. The molecule has 7 heteroatoms. The fourth-order valence-electron chi connectivity index (χ4n) is 3.47. The number of benzene rings is 2. The highest BCUT2D eigenvalue weighted by atomic mass is 16.5. The molecule has 0 heterocycles. The smallest absolute Gasteiger partial charge is 0.319 e. The van der Waals surface area contributed by atoms with Crippen molar-refractivity contribution in [3.05, 3.63) is 60.7 Å². The molecule has 0 bridgehead atoms. The van der Waals surface area contributed by atoms with Crippen molar-refractivity contribution in [3.8, 4) is 11.5 Å². The number of esters is 2. The normalized spacial score (nSPS) is 21.0. The average Bonchev–Trinajstić information content (AvgIpc) is 2.74. The van der Waals surface area contributed by atoms with E-state index in [9.17, 15) is 9.59 Å². The van der Waals surface area contributed by atoms with Crippen LogP contribution in [0.1, 0.15) is 25.7 Å². The fourth-order valence-corrected chi connectivity index (χ4v) is 3.47. The summed E-state index contributed by atoms with van der Waals surface area (Å²) in [5, 5.41) is 0. The van der Waals surface area contributed by atoms with E-state index in [1.54, 1.807) is 36.4 Å². The van der Waals surface area contributed by atoms with E-state index >= 15 is 0 Å². The van der Waals surface area contributed by atoms with Gasteiger partial charge in [-0.25, -0.2) is 0 Å². The lowest BCUT2D eigenvalue weighted by atomic mass is 9.70. The first-order valence-corrected chi connectivity index (χ1v) is 9.58. The minimum Gasteiger partial charge on any atom is -0.426 e. The Morgan fingerprint density at radius 1 is 0.897 bits per heavy atom. The molecule has 1 saturated carbocycles. The first-order valence-electron chi connectivity index (χ1n) is 9.58. The summed E-state index contributed by atoms with van der Waals surface area (Å²) in [6.07, 6.45) is 1.86. The number of hydrogen-bond acceptors (Lipinski definition) is 5. The van der Waals surface area contributed by atoms with Crippen LogP contribution in [0.4, 0.5) is 0 Å². The van der Waals surface area contributed by atoms with Gasteiger partial charge >= 0.3 is 11.9 Å². The quantitative estimate of drug-likeness (QED) is 0.336. The van der Waals surface area contributed by atoms with Crippen molar-refractivity contribution >= 4 is 17.9 Å². The monoisotopic (exact) mass is 395 g/mol. The Kier molecular flexibility index (Phi) is 6.49. The summed E-state index contributed by atoms with van der Waals surface area (Å²) >= 11 is 0. The molecule has 7 nitrogen and oxygen atoms in total. The van der Waals surface area contributed by atoms with E-state index in [1.165, 1.54) is 0 Å². The number of carbonyl (C=O) groups excluding carboxylic acids is 2. The van der Waals surface area contributed by atoms with Gasteiger partial charge in [-0.2, -0.15) is 0 Å². The summed E-state index contributed by atoms with van der Waals surface area (Å²) in [5.74, 6) is -0.0632. The Hall–Kier alpha value is -3.35. The van der Waals surface area contributed by atoms with Crippen LogP contribution in [0.25, 0.3) is 0 Å².